The molecule has 3 nitrogen and oxygen atoms in total. The summed E-state index contributed by atoms with van der Waals surface area (Å²) >= 11 is 0. The number of rotatable bonds is 2. The molecule has 0 saturated heterocycles. The van der Waals surface area contributed by atoms with Gasteiger partial charge in [-0.05, 0) is 53.9 Å². The monoisotopic (exact) mass is 451 g/mol. The number of anilines is 1. The zero-order valence-electron chi connectivity index (χ0n) is 20.2. The SMILES string of the molecule is Cc1ccc2c(oc3c(-c4ccc5c(c4)C(C)(C)CN5C)c(F)ccc32)c1-c1cccc[n+]1C. The normalized spacial score (nSPS) is 14.8. The van der Waals surface area contributed by atoms with Crippen molar-refractivity contribution in [2.45, 2.75) is 26.2 Å². The Hall–Kier alpha value is -3.66. The Balaban J connectivity index is 1.66. The first-order valence-electron chi connectivity index (χ1n) is 11.7. The van der Waals surface area contributed by atoms with Crippen molar-refractivity contribution in [3.8, 4) is 22.4 Å². The maximum Gasteiger partial charge on any atom is 0.216 e. The van der Waals surface area contributed by atoms with Crippen LogP contribution in [0, 0.1) is 12.7 Å². The lowest BCUT2D eigenvalue weighted by molar-refractivity contribution is -0.660. The first-order valence-corrected chi connectivity index (χ1v) is 11.7. The molecule has 0 aliphatic carbocycles. The fourth-order valence-electron chi connectivity index (χ4n) is 5.68. The molecule has 0 atom stereocenters. The van der Waals surface area contributed by atoms with Crippen LogP contribution in [0.25, 0.3) is 44.3 Å². The van der Waals surface area contributed by atoms with Gasteiger partial charge >= 0.3 is 0 Å². The Kier molecular flexibility index (Phi) is 4.41. The molecule has 0 radical (unpaired) electrons. The Bertz CT molecular complexity index is 1610. The number of pyridine rings is 1. The van der Waals surface area contributed by atoms with Crippen LogP contribution in [0.2, 0.25) is 0 Å². The minimum atomic E-state index is -0.265. The average Bonchev–Trinajstić information content (AvgIpc) is 3.28. The molecule has 5 aromatic rings. The van der Waals surface area contributed by atoms with Crippen molar-refractivity contribution in [1.82, 2.24) is 0 Å². The maximum absolute atomic E-state index is 15.4. The van der Waals surface area contributed by atoms with Crippen LogP contribution in [0.1, 0.15) is 25.0 Å². The molecule has 0 saturated carbocycles. The Morgan fingerprint density at radius 3 is 2.44 bits per heavy atom. The molecule has 34 heavy (non-hydrogen) atoms. The molecule has 2 aromatic heterocycles. The summed E-state index contributed by atoms with van der Waals surface area (Å²) in [5, 5.41) is 1.94. The minimum absolute atomic E-state index is 0.00465. The van der Waals surface area contributed by atoms with Crippen LogP contribution in [0.15, 0.2) is 71.3 Å². The lowest BCUT2D eigenvalue weighted by Gasteiger charge is -2.19. The molecule has 0 fully saturated rings. The molecule has 3 aromatic carbocycles. The fraction of sp³-hybridized carbons (Fsp3) is 0.233. The summed E-state index contributed by atoms with van der Waals surface area (Å²) in [5.41, 5.74) is 8.47. The Labute approximate surface area is 199 Å². The van der Waals surface area contributed by atoms with Crippen LogP contribution in [-0.2, 0) is 12.5 Å². The summed E-state index contributed by atoms with van der Waals surface area (Å²) in [4.78, 5) is 2.27. The third kappa shape index (κ3) is 2.91. The summed E-state index contributed by atoms with van der Waals surface area (Å²) in [5.74, 6) is -0.265. The van der Waals surface area contributed by atoms with E-state index < -0.39 is 0 Å². The molecule has 0 bridgehead atoms. The van der Waals surface area contributed by atoms with Crippen molar-refractivity contribution in [3.05, 3.63) is 83.8 Å². The number of likely N-dealkylation sites (N-methyl/N-ethyl adjacent to an activating group) is 1. The van der Waals surface area contributed by atoms with E-state index in [0.717, 1.165) is 45.3 Å². The number of halogens is 1. The quantitative estimate of drug-likeness (QED) is 0.272. The van der Waals surface area contributed by atoms with E-state index in [1.807, 2.05) is 37.5 Å². The predicted octanol–water partition coefficient (Wildman–Crippen LogP) is 6.92. The van der Waals surface area contributed by atoms with Crippen LogP contribution in [-0.4, -0.2) is 13.6 Å². The summed E-state index contributed by atoms with van der Waals surface area (Å²) in [6, 6.07) is 20.0. The molecule has 1 aliphatic heterocycles. The minimum Gasteiger partial charge on any atom is -0.454 e. The maximum atomic E-state index is 15.4. The molecular weight excluding hydrogens is 423 g/mol. The van der Waals surface area contributed by atoms with Gasteiger partial charge in [-0.3, -0.25) is 0 Å². The van der Waals surface area contributed by atoms with Crippen molar-refractivity contribution >= 4 is 27.6 Å². The van der Waals surface area contributed by atoms with Gasteiger partial charge in [0.1, 0.15) is 24.0 Å². The number of nitrogens with zero attached hydrogens (tertiary/aromatic N) is 2. The van der Waals surface area contributed by atoms with Crippen molar-refractivity contribution in [2.24, 2.45) is 7.05 Å². The molecule has 0 N–H and O–H groups in total. The van der Waals surface area contributed by atoms with Gasteiger partial charge in [0, 0.05) is 47.6 Å². The highest BCUT2D eigenvalue weighted by atomic mass is 19.1. The van der Waals surface area contributed by atoms with Crippen molar-refractivity contribution in [1.29, 1.82) is 0 Å². The van der Waals surface area contributed by atoms with E-state index in [1.165, 1.54) is 11.3 Å². The molecule has 4 heteroatoms. The lowest BCUT2D eigenvalue weighted by atomic mass is 9.85. The summed E-state index contributed by atoms with van der Waals surface area (Å²) in [7, 11) is 4.14. The van der Waals surface area contributed by atoms with E-state index in [-0.39, 0.29) is 11.2 Å². The van der Waals surface area contributed by atoms with Gasteiger partial charge in [-0.15, -0.1) is 0 Å². The number of benzene rings is 3. The number of hydrogen-bond acceptors (Lipinski definition) is 2. The second kappa shape index (κ2) is 7.17. The topological polar surface area (TPSA) is 20.3 Å². The number of furan rings is 1. The molecule has 3 heterocycles. The van der Waals surface area contributed by atoms with E-state index in [0.29, 0.717) is 11.1 Å². The van der Waals surface area contributed by atoms with Gasteiger partial charge in [0.25, 0.3) is 0 Å². The van der Waals surface area contributed by atoms with E-state index >= 15 is 4.39 Å². The molecule has 6 rings (SSSR count). The fourth-order valence-corrected chi connectivity index (χ4v) is 5.68. The molecule has 1 aliphatic rings. The standard InChI is InChI=1S/C30H28FN2O/c1-18-9-11-20-21-12-13-23(31)27(19-10-14-24-22(16-19)30(2,3)17-33(24)5)29(21)34-28(20)26(18)25-8-6-7-15-32(25)4/h6-16H,17H2,1-5H3/q+1. The van der Waals surface area contributed by atoms with Crippen molar-refractivity contribution in [2.75, 3.05) is 18.5 Å². The summed E-state index contributed by atoms with van der Waals surface area (Å²) in [6.45, 7) is 7.52. The van der Waals surface area contributed by atoms with Crippen LogP contribution >= 0.6 is 0 Å². The molecule has 0 unspecified atom stereocenters. The molecule has 0 amide bonds. The van der Waals surface area contributed by atoms with Crippen LogP contribution in [0.4, 0.5) is 10.1 Å². The third-order valence-corrected chi connectivity index (χ3v) is 7.34. The van der Waals surface area contributed by atoms with Gasteiger partial charge in [-0.1, -0.05) is 32.0 Å². The Morgan fingerprint density at radius 1 is 0.941 bits per heavy atom. The first kappa shape index (κ1) is 20.9. The lowest BCUT2D eigenvalue weighted by Crippen LogP contribution is -2.30. The number of fused-ring (bicyclic) bond motifs is 4. The van der Waals surface area contributed by atoms with E-state index in [9.17, 15) is 0 Å². The summed E-state index contributed by atoms with van der Waals surface area (Å²) in [6.07, 6.45) is 2.03. The third-order valence-electron chi connectivity index (χ3n) is 7.34. The second-order valence-corrected chi connectivity index (χ2v) is 10.2. The van der Waals surface area contributed by atoms with E-state index in [4.69, 9.17) is 4.42 Å². The first-order chi connectivity index (χ1) is 16.3. The number of hydrogen-bond donors (Lipinski definition) is 0. The van der Waals surface area contributed by atoms with Gasteiger partial charge in [0.15, 0.2) is 6.20 Å². The highest BCUT2D eigenvalue weighted by molar-refractivity contribution is 6.13. The highest BCUT2D eigenvalue weighted by Crippen LogP contribution is 2.45. The number of aromatic nitrogens is 1. The molecular formula is C30H28FN2O+. The van der Waals surface area contributed by atoms with Gasteiger partial charge in [0.2, 0.25) is 5.69 Å². The van der Waals surface area contributed by atoms with Crippen molar-refractivity contribution in [3.63, 3.8) is 0 Å². The zero-order valence-corrected chi connectivity index (χ0v) is 20.2. The van der Waals surface area contributed by atoms with Gasteiger partial charge in [-0.25, -0.2) is 8.96 Å². The van der Waals surface area contributed by atoms with Crippen LogP contribution < -0.4 is 9.47 Å². The molecule has 0 spiro atoms. The van der Waals surface area contributed by atoms with E-state index in [2.05, 4.69) is 67.6 Å². The van der Waals surface area contributed by atoms with Gasteiger partial charge < -0.3 is 9.32 Å². The van der Waals surface area contributed by atoms with Gasteiger partial charge in [0.05, 0.1) is 11.1 Å². The average molecular weight is 452 g/mol. The van der Waals surface area contributed by atoms with Crippen LogP contribution in [0.5, 0.6) is 0 Å². The van der Waals surface area contributed by atoms with Crippen molar-refractivity contribution < 1.29 is 13.4 Å². The molecule has 170 valence electrons. The predicted molar refractivity (Wildman–Crippen MR) is 137 cm³/mol. The van der Waals surface area contributed by atoms with Crippen LogP contribution in [0.3, 0.4) is 0 Å². The highest BCUT2D eigenvalue weighted by Gasteiger charge is 2.34. The smallest absolute Gasteiger partial charge is 0.216 e. The second-order valence-electron chi connectivity index (χ2n) is 10.2. The number of aryl methyl sites for hydroxylation is 2. The zero-order chi connectivity index (χ0) is 23.8. The van der Waals surface area contributed by atoms with Gasteiger partial charge in [-0.2, -0.15) is 0 Å². The van der Waals surface area contributed by atoms with E-state index in [1.54, 1.807) is 6.07 Å². The summed E-state index contributed by atoms with van der Waals surface area (Å²) < 4.78 is 24.1. The Morgan fingerprint density at radius 2 is 1.68 bits per heavy atom. The largest absolute Gasteiger partial charge is 0.454 e.